The summed E-state index contributed by atoms with van der Waals surface area (Å²) in [5, 5.41) is 20.2. The van der Waals surface area contributed by atoms with Crippen molar-refractivity contribution in [1.82, 2.24) is 15.0 Å². The second-order valence-corrected chi connectivity index (χ2v) is 12.5. The molecule has 1 atom stereocenters. The Morgan fingerprint density at radius 2 is 1.66 bits per heavy atom. The topological polar surface area (TPSA) is 111 Å². The number of carbonyl (C=O) groups excluding carboxylic acids is 1. The molecule has 0 amide bonds. The van der Waals surface area contributed by atoms with Gasteiger partial charge in [0.2, 0.25) is 0 Å². The number of esters is 1. The fourth-order valence-electron chi connectivity index (χ4n) is 4.07. The highest BCUT2D eigenvalue weighted by atomic mass is 32.2. The van der Waals surface area contributed by atoms with Crippen molar-refractivity contribution in [2.24, 2.45) is 10.8 Å². The quantitative estimate of drug-likeness (QED) is 0.687. The average molecular weight is 462 g/mol. The Morgan fingerprint density at radius 3 is 2.09 bits per heavy atom. The molecule has 1 heterocycles. The molecule has 0 aliphatic heterocycles. The van der Waals surface area contributed by atoms with Gasteiger partial charge in [0.25, 0.3) is 0 Å². The molecule has 1 unspecified atom stereocenters. The number of ether oxygens (including phenoxy) is 1. The van der Waals surface area contributed by atoms with E-state index in [1.807, 2.05) is 53.7 Å². The van der Waals surface area contributed by atoms with E-state index < -0.39 is 37.1 Å². The second kappa shape index (κ2) is 7.72. The maximum Gasteiger partial charge on any atom is 0.320 e. The lowest BCUT2D eigenvalue weighted by atomic mass is 9.68. The molecule has 0 bridgehead atoms. The number of benzene rings is 1. The number of fused-ring (bicyclic) bond motifs is 1. The van der Waals surface area contributed by atoms with Gasteiger partial charge in [-0.05, 0) is 41.0 Å². The van der Waals surface area contributed by atoms with Crippen LogP contribution >= 0.6 is 0 Å². The third-order valence-electron chi connectivity index (χ3n) is 6.11. The number of allylic oxidation sites excluding steroid dienone is 2. The lowest BCUT2D eigenvalue weighted by molar-refractivity contribution is -0.137. The Labute approximate surface area is 188 Å². The van der Waals surface area contributed by atoms with E-state index in [2.05, 4.69) is 14.9 Å². The number of aliphatic hydroxyl groups excluding tert-OH is 1. The van der Waals surface area contributed by atoms with Gasteiger partial charge >= 0.3 is 5.97 Å². The van der Waals surface area contributed by atoms with Gasteiger partial charge in [0.1, 0.15) is 33.0 Å². The number of rotatable bonds is 4. The van der Waals surface area contributed by atoms with Crippen LogP contribution in [0.3, 0.4) is 0 Å². The Morgan fingerprint density at radius 1 is 1.12 bits per heavy atom. The summed E-state index contributed by atoms with van der Waals surface area (Å²) in [4.78, 5) is 13.3. The van der Waals surface area contributed by atoms with Crippen LogP contribution in [0.1, 0.15) is 48.0 Å². The van der Waals surface area contributed by atoms with Crippen molar-refractivity contribution in [2.45, 2.75) is 52.7 Å². The molecule has 0 saturated heterocycles. The van der Waals surface area contributed by atoms with Gasteiger partial charge in [0.05, 0.1) is 7.11 Å². The van der Waals surface area contributed by atoms with Crippen LogP contribution in [0.5, 0.6) is 0 Å². The molecule has 0 radical (unpaired) electrons. The van der Waals surface area contributed by atoms with Crippen molar-refractivity contribution in [3.8, 4) is 0 Å². The fourth-order valence-corrected chi connectivity index (χ4v) is 6.35. The first-order valence-electron chi connectivity index (χ1n) is 10.4. The molecule has 174 valence electrons. The monoisotopic (exact) mass is 461 g/mol. The average Bonchev–Trinajstić information content (AvgIpc) is 3.09. The smallest absolute Gasteiger partial charge is 0.320 e. The number of aromatic nitrogens is 3. The van der Waals surface area contributed by atoms with Gasteiger partial charge in [-0.25, -0.2) is 8.42 Å². The van der Waals surface area contributed by atoms with E-state index in [4.69, 9.17) is 0 Å². The molecular weight excluding hydrogens is 430 g/mol. The van der Waals surface area contributed by atoms with Gasteiger partial charge < -0.3 is 9.84 Å². The first kappa shape index (κ1) is 24.0. The third-order valence-corrected chi connectivity index (χ3v) is 8.71. The van der Waals surface area contributed by atoms with Crippen LogP contribution in [0.2, 0.25) is 0 Å². The zero-order chi connectivity index (χ0) is 24.1. The van der Waals surface area contributed by atoms with Crippen molar-refractivity contribution in [3.63, 3.8) is 0 Å². The van der Waals surface area contributed by atoms with Crippen LogP contribution in [0, 0.1) is 10.8 Å². The highest BCUT2D eigenvalue weighted by Gasteiger charge is 2.55. The minimum atomic E-state index is -4.07. The molecule has 0 fully saturated rings. The third kappa shape index (κ3) is 3.94. The van der Waals surface area contributed by atoms with Gasteiger partial charge in [0.15, 0.2) is 9.84 Å². The molecule has 1 aromatic carbocycles. The predicted octanol–water partition coefficient (Wildman–Crippen LogP) is 3.91. The van der Waals surface area contributed by atoms with E-state index in [0.717, 1.165) is 7.11 Å². The van der Waals surface area contributed by atoms with Crippen molar-refractivity contribution >= 4 is 32.5 Å². The van der Waals surface area contributed by atoms with Crippen molar-refractivity contribution in [3.05, 3.63) is 41.7 Å². The lowest BCUT2D eigenvalue weighted by Crippen LogP contribution is -2.53. The number of hydrogen-bond donors (Lipinski definition) is 1. The maximum atomic E-state index is 13.8. The maximum absolute atomic E-state index is 13.8. The molecular formula is C23H31N3O5S. The van der Waals surface area contributed by atoms with E-state index in [-0.39, 0.29) is 17.9 Å². The van der Waals surface area contributed by atoms with Crippen LogP contribution < -0.4 is 0 Å². The van der Waals surface area contributed by atoms with Crippen molar-refractivity contribution in [2.75, 3.05) is 12.9 Å². The second-order valence-electron chi connectivity index (χ2n) is 10.2. The van der Waals surface area contributed by atoms with Gasteiger partial charge in [-0.1, -0.05) is 53.7 Å². The van der Waals surface area contributed by atoms with E-state index in [1.165, 1.54) is 10.9 Å². The Hall–Kier alpha value is -2.68. The summed E-state index contributed by atoms with van der Waals surface area (Å²) < 4.78 is 30.7. The van der Waals surface area contributed by atoms with E-state index in [9.17, 15) is 18.3 Å². The zero-order valence-corrected chi connectivity index (χ0v) is 20.4. The molecule has 0 saturated carbocycles. The van der Waals surface area contributed by atoms with Crippen molar-refractivity contribution < 1.29 is 23.1 Å². The van der Waals surface area contributed by atoms with Crippen LogP contribution in [-0.2, 0) is 19.4 Å². The number of aliphatic hydroxyl groups is 1. The molecule has 32 heavy (non-hydrogen) atoms. The zero-order valence-electron chi connectivity index (χ0n) is 19.6. The summed E-state index contributed by atoms with van der Waals surface area (Å²) in [6.45, 7) is 11.2. The first-order valence-corrected chi connectivity index (χ1v) is 12.1. The highest BCUT2D eigenvalue weighted by molar-refractivity contribution is 7.93. The minimum absolute atomic E-state index is 0.0372. The molecule has 0 spiro atoms. The van der Waals surface area contributed by atoms with Crippen LogP contribution in [0.25, 0.3) is 16.7 Å². The van der Waals surface area contributed by atoms with Crippen LogP contribution in [0.4, 0.5) is 0 Å². The minimum Gasteiger partial charge on any atom is -0.506 e. The summed E-state index contributed by atoms with van der Waals surface area (Å²) in [6, 6.07) is 7.23. The molecule has 1 aliphatic rings. The Bertz CT molecular complexity index is 1190. The molecule has 1 aromatic heterocycles. The number of hydrogen-bond acceptors (Lipinski definition) is 7. The molecule has 9 heteroatoms. The molecule has 2 aromatic rings. The summed E-state index contributed by atoms with van der Waals surface area (Å²) in [5.41, 5.74) is 0.591. The Kier molecular flexibility index (Phi) is 5.78. The van der Waals surface area contributed by atoms with E-state index in [0.29, 0.717) is 16.6 Å². The van der Waals surface area contributed by atoms with E-state index >= 15 is 0 Å². The normalized spacial score (nSPS) is 20.4. The number of methoxy groups -OCH3 is 1. The van der Waals surface area contributed by atoms with E-state index in [1.54, 1.807) is 12.1 Å². The number of nitrogens with zero attached hydrogens (tertiary/aromatic N) is 3. The largest absolute Gasteiger partial charge is 0.506 e. The molecule has 1 N–H and O–H groups in total. The summed E-state index contributed by atoms with van der Waals surface area (Å²) in [5.74, 6) is -1.65. The van der Waals surface area contributed by atoms with Crippen LogP contribution in [-0.4, -0.2) is 52.1 Å². The summed E-state index contributed by atoms with van der Waals surface area (Å²) >= 11 is 0. The summed E-state index contributed by atoms with van der Waals surface area (Å²) in [7, 11) is -2.90. The fraction of sp³-hybridized carbons (Fsp3) is 0.522. The standard InChI is InChI=1S/C23H31N3O5S/c1-21(2,3)15-12-23(22(4,5)6,32(29,30)14-19(27)31-7)13-18(20(15)28)26-24-16-10-8-9-11-17(16)25-26/h8-11,13,28H,12,14H2,1-7H3. The Balaban J connectivity index is 2.36. The lowest BCUT2D eigenvalue weighted by Gasteiger charge is -2.46. The van der Waals surface area contributed by atoms with Gasteiger partial charge in [-0.15, -0.1) is 15.0 Å². The van der Waals surface area contributed by atoms with Crippen LogP contribution in [0.15, 0.2) is 41.7 Å². The van der Waals surface area contributed by atoms with Gasteiger partial charge in [-0.2, -0.15) is 0 Å². The van der Waals surface area contributed by atoms with Crippen molar-refractivity contribution in [1.29, 1.82) is 0 Å². The van der Waals surface area contributed by atoms with Gasteiger partial charge in [-0.3, -0.25) is 4.79 Å². The molecule has 8 nitrogen and oxygen atoms in total. The molecule has 3 rings (SSSR count). The number of carbonyl (C=O) groups is 1. The van der Waals surface area contributed by atoms with Gasteiger partial charge in [0, 0.05) is 0 Å². The predicted molar refractivity (Wildman–Crippen MR) is 124 cm³/mol. The first-order chi connectivity index (χ1) is 14.6. The molecule has 1 aliphatic carbocycles. The summed E-state index contributed by atoms with van der Waals surface area (Å²) in [6.07, 6.45) is 1.55. The highest BCUT2D eigenvalue weighted by Crippen LogP contribution is 2.52. The SMILES string of the molecule is COC(=O)CS(=O)(=O)C1(C(C)(C)C)C=C(n2nc3ccccc3n2)C(O)=C(C(C)(C)C)C1. The number of sulfone groups is 1.